The van der Waals surface area contributed by atoms with Crippen LogP contribution in [0.25, 0.3) is 0 Å². The van der Waals surface area contributed by atoms with Crippen LogP contribution in [-0.2, 0) is 6.54 Å². The molecule has 1 N–H and O–H groups in total. The van der Waals surface area contributed by atoms with E-state index in [9.17, 15) is 0 Å². The van der Waals surface area contributed by atoms with Gasteiger partial charge in [0.2, 0.25) is 0 Å². The van der Waals surface area contributed by atoms with E-state index < -0.39 is 0 Å². The number of nitrogens with one attached hydrogen (secondary N) is 1. The molecule has 2 aromatic rings. The van der Waals surface area contributed by atoms with E-state index in [-0.39, 0.29) is 6.04 Å². The highest BCUT2D eigenvalue weighted by Gasteiger charge is 2.09. The van der Waals surface area contributed by atoms with Crippen molar-refractivity contribution in [1.29, 1.82) is 0 Å². The summed E-state index contributed by atoms with van der Waals surface area (Å²) >= 11 is 3.49. The van der Waals surface area contributed by atoms with E-state index >= 15 is 0 Å². The molecule has 0 aliphatic heterocycles. The van der Waals surface area contributed by atoms with E-state index in [1.165, 1.54) is 5.56 Å². The Hall–Kier alpha value is -1.26. The minimum atomic E-state index is 0.189. The van der Waals surface area contributed by atoms with Crippen LogP contribution in [0.4, 0.5) is 0 Å². The molecule has 0 saturated heterocycles. The Morgan fingerprint density at radius 2 is 2.11 bits per heavy atom. The average Bonchev–Trinajstić information content (AvgIpc) is 2.83. The van der Waals surface area contributed by atoms with E-state index in [1.54, 1.807) is 7.11 Å². The fourth-order valence-corrected chi connectivity index (χ4v) is 2.47. The standard InChI is InChI=1S/C15H18BrNO2/c1-10-4-6-14(19-10)11(2)17-9-12-5-7-15(18-3)13(16)8-12/h4-8,11,17H,9H2,1-3H3. The van der Waals surface area contributed by atoms with Gasteiger partial charge in [-0.1, -0.05) is 6.07 Å². The number of ether oxygens (including phenoxy) is 1. The normalized spacial score (nSPS) is 12.4. The second-order valence-electron chi connectivity index (χ2n) is 4.52. The predicted octanol–water partition coefficient (Wildman–Crippen LogP) is 4.21. The summed E-state index contributed by atoms with van der Waals surface area (Å²) in [5.74, 6) is 2.75. The number of rotatable bonds is 5. The molecule has 0 aliphatic carbocycles. The molecule has 1 heterocycles. The molecule has 0 spiro atoms. The molecule has 0 fully saturated rings. The van der Waals surface area contributed by atoms with E-state index in [0.717, 1.165) is 28.3 Å². The average molecular weight is 324 g/mol. The Morgan fingerprint density at radius 3 is 2.68 bits per heavy atom. The van der Waals surface area contributed by atoms with Crippen LogP contribution in [0.3, 0.4) is 0 Å². The van der Waals surface area contributed by atoms with Gasteiger partial charge in [-0.3, -0.25) is 0 Å². The van der Waals surface area contributed by atoms with Gasteiger partial charge in [-0.15, -0.1) is 0 Å². The van der Waals surface area contributed by atoms with E-state index in [4.69, 9.17) is 9.15 Å². The third kappa shape index (κ3) is 3.61. The fraction of sp³-hybridized carbons (Fsp3) is 0.333. The van der Waals surface area contributed by atoms with E-state index in [2.05, 4.69) is 40.3 Å². The lowest BCUT2D eigenvalue weighted by Gasteiger charge is -2.12. The molecule has 102 valence electrons. The summed E-state index contributed by atoms with van der Waals surface area (Å²) in [6.07, 6.45) is 0. The van der Waals surface area contributed by atoms with Crippen LogP contribution in [0.1, 0.15) is 30.0 Å². The number of benzene rings is 1. The Balaban J connectivity index is 1.97. The zero-order chi connectivity index (χ0) is 13.8. The molecule has 19 heavy (non-hydrogen) atoms. The van der Waals surface area contributed by atoms with Crippen molar-refractivity contribution in [2.75, 3.05) is 7.11 Å². The van der Waals surface area contributed by atoms with Gasteiger partial charge in [0, 0.05) is 6.54 Å². The van der Waals surface area contributed by atoms with Gasteiger partial charge in [-0.2, -0.15) is 0 Å². The van der Waals surface area contributed by atoms with Crippen LogP contribution >= 0.6 is 15.9 Å². The van der Waals surface area contributed by atoms with Gasteiger partial charge in [-0.05, 0) is 59.6 Å². The first-order valence-electron chi connectivity index (χ1n) is 6.22. The number of hydrogen-bond donors (Lipinski definition) is 1. The van der Waals surface area contributed by atoms with Crippen LogP contribution in [-0.4, -0.2) is 7.11 Å². The molecule has 0 radical (unpaired) electrons. The maximum Gasteiger partial charge on any atom is 0.133 e. The predicted molar refractivity (Wildman–Crippen MR) is 79.4 cm³/mol. The molecule has 1 aromatic heterocycles. The number of hydrogen-bond acceptors (Lipinski definition) is 3. The summed E-state index contributed by atoms with van der Waals surface area (Å²) < 4.78 is 11.8. The van der Waals surface area contributed by atoms with Gasteiger partial charge < -0.3 is 14.5 Å². The monoisotopic (exact) mass is 323 g/mol. The first-order chi connectivity index (χ1) is 9.10. The zero-order valence-electron chi connectivity index (χ0n) is 11.4. The van der Waals surface area contributed by atoms with Gasteiger partial charge in [0.1, 0.15) is 17.3 Å². The molecule has 1 atom stereocenters. The topological polar surface area (TPSA) is 34.4 Å². The smallest absolute Gasteiger partial charge is 0.133 e. The van der Waals surface area contributed by atoms with Crippen molar-refractivity contribution in [2.24, 2.45) is 0 Å². The van der Waals surface area contributed by atoms with Crippen molar-refractivity contribution in [2.45, 2.75) is 26.4 Å². The molecule has 4 heteroatoms. The molecule has 3 nitrogen and oxygen atoms in total. The summed E-state index contributed by atoms with van der Waals surface area (Å²) in [6.45, 7) is 4.83. The lowest BCUT2D eigenvalue weighted by atomic mass is 10.2. The quantitative estimate of drug-likeness (QED) is 0.895. The van der Waals surface area contributed by atoms with Crippen LogP contribution in [0.5, 0.6) is 5.75 Å². The second-order valence-corrected chi connectivity index (χ2v) is 5.37. The highest BCUT2D eigenvalue weighted by molar-refractivity contribution is 9.10. The highest BCUT2D eigenvalue weighted by Crippen LogP contribution is 2.25. The van der Waals surface area contributed by atoms with Gasteiger partial charge in [0.15, 0.2) is 0 Å². The number of halogens is 1. The van der Waals surface area contributed by atoms with Crippen LogP contribution < -0.4 is 10.1 Å². The first-order valence-corrected chi connectivity index (χ1v) is 7.01. The largest absolute Gasteiger partial charge is 0.496 e. The Bertz CT molecular complexity index is 551. The highest BCUT2D eigenvalue weighted by atomic mass is 79.9. The number of furan rings is 1. The molecule has 1 aromatic carbocycles. The lowest BCUT2D eigenvalue weighted by molar-refractivity contribution is 0.410. The Morgan fingerprint density at radius 1 is 1.32 bits per heavy atom. The van der Waals surface area contributed by atoms with E-state index in [0.29, 0.717) is 0 Å². The van der Waals surface area contributed by atoms with Crippen LogP contribution in [0.15, 0.2) is 39.2 Å². The molecule has 2 rings (SSSR count). The number of aryl methyl sites for hydroxylation is 1. The maximum absolute atomic E-state index is 5.60. The third-order valence-electron chi connectivity index (χ3n) is 3.02. The second kappa shape index (κ2) is 6.26. The van der Waals surface area contributed by atoms with Gasteiger partial charge >= 0.3 is 0 Å². The minimum Gasteiger partial charge on any atom is -0.496 e. The lowest BCUT2D eigenvalue weighted by Crippen LogP contribution is -2.17. The van der Waals surface area contributed by atoms with Crippen molar-refractivity contribution >= 4 is 15.9 Å². The molecule has 0 aliphatic rings. The SMILES string of the molecule is COc1ccc(CNC(C)c2ccc(C)o2)cc1Br. The summed E-state index contributed by atoms with van der Waals surface area (Å²) in [6, 6.07) is 10.3. The molecular weight excluding hydrogens is 306 g/mol. The maximum atomic E-state index is 5.60. The fourth-order valence-electron chi connectivity index (χ4n) is 1.88. The number of methoxy groups -OCH3 is 1. The van der Waals surface area contributed by atoms with Crippen LogP contribution in [0.2, 0.25) is 0 Å². The minimum absolute atomic E-state index is 0.189. The van der Waals surface area contributed by atoms with Gasteiger partial charge in [-0.25, -0.2) is 0 Å². The van der Waals surface area contributed by atoms with Crippen LogP contribution in [0, 0.1) is 6.92 Å². The summed E-state index contributed by atoms with van der Waals surface area (Å²) in [4.78, 5) is 0. The van der Waals surface area contributed by atoms with Gasteiger partial charge in [0.25, 0.3) is 0 Å². The molecular formula is C15H18BrNO2. The molecule has 0 saturated carbocycles. The van der Waals surface area contributed by atoms with Crippen molar-refractivity contribution in [3.63, 3.8) is 0 Å². The summed E-state index contributed by atoms with van der Waals surface area (Å²) in [7, 11) is 1.67. The van der Waals surface area contributed by atoms with Crippen molar-refractivity contribution in [1.82, 2.24) is 5.32 Å². The Kier molecular flexibility index (Phi) is 4.66. The Labute approximate surface area is 122 Å². The van der Waals surface area contributed by atoms with Gasteiger partial charge in [0.05, 0.1) is 17.6 Å². The first kappa shape index (κ1) is 14.2. The molecule has 0 bridgehead atoms. The summed E-state index contributed by atoms with van der Waals surface area (Å²) in [5, 5.41) is 3.44. The van der Waals surface area contributed by atoms with Crippen molar-refractivity contribution < 1.29 is 9.15 Å². The molecule has 1 unspecified atom stereocenters. The van der Waals surface area contributed by atoms with Crippen molar-refractivity contribution in [3.05, 3.63) is 51.9 Å². The third-order valence-corrected chi connectivity index (χ3v) is 3.64. The van der Waals surface area contributed by atoms with Crippen molar-refractivity contribution in [3.8, 4) is 5.75 Å². The summed E-state index contributed by atoms with van der Waals surface area (Å²) in [5.41, 5.74) is 1.20. The molecule has 0 amide bonds. The van der Waals surface area contributed by atoms with E-state index in [1.807, 2.05) is 25.1 Å². The zero-order valence-corrected chi connectivity index (χ0v) is 13.0.